The van der Waals surface area contributed by atoms with Gasteiger partial charge in [0.1, 0.15) is 18.2 Å². The molecule has 0 N–H and O–H groups in total. The number of hydrogen-bond acceptors (Lipinski definition) is 3. The number of benzene rings is 1. The highest BCUT2D eigenvalue weighted by Crippen LogP contribution is 2.18. The molecule has 0 spiro atoms. The maximum absolute atomic E-state index is 9.11. The molecule has 0 bridgehead atoms. The van der Waals surface area contributed by atoms with Crippen LogP contribution >= 0.6 is 0 Å². The quantitative estimate of drug-likeness (QED) is 0.797. The average Bonchev–Trinajstić information content (AvgIpc) is 2.52. The van der Waals surface area contributed by atoms with E-state index >= 15 is 0 Å². The van der Waals surface area contributed by atoms with E-state index in [2.05, 4.69) is 18.0 Å². The second-order valence-corrected chi connectivity index (χ2v) is 4.64. The molecule has 0 aliphatic rings. The van der Waals surface area contributed by atoms with Crippen molar-refractivity contribution >= 4 is 0 Å². The molecule has 1 aromatic carbocycles. The van der Waals surface area contributed by atoms with Crippen molar-refractivity contribution in [3.63, 3.8) is 0 Å². The van der Waals surface area contributed by atoms with Gasteiger partial charge in [-0.15, -0.1) is 0 Å². The van der Waals surface area contributed by atoms with E-state index in [1.807, 2.05) is 36.4 Å². The molecule has 0 saturated carbocycles. The lowest BCUT2D eigenvalue weighted by atomic mass is 10.1. The molecule has 0 fully saturated rings. The Morgan fingerprint density at radius 2 is 1.95 bits per heavy atom. The number of aromatic nitrogens is 1. The molecule has 3 heteroatoms. The molecule has 0 radical (unpaired) electrons. The normalized spacial score (nSPS) is 10.0. The first-order valence-corrected chi connectivity index (χ1v) is 6.90. The van der Waals surface area contributed by atoms with Crippen LogP contribution in [0.5, 0.6) is 5.88 Å². The minimum Gasteiger partial charge on any atom is -0.472 e. The van der Waals surface area contributed by atoms with Crippen LogP contribution in [0.1, 0.15) is 36.6 Å². The fourth-order valence-electron chi connectivity index (χ4n) is 1.90. The van der Waals surface area contributed by atoms with Gasteiger partial charge in [0.05, 0.1) is 0 Å². The SMILES string of the molecule is CCCCc1ccc(C#N)c(OCc2ccccc2)n1. The summed E-state index contributed by atoms with van der Waals surface area (Å²) in [6.07, 6.45) is 3.14. The van der Waals surface area contributed by atoms with E-state index in [4.69, 9.17) is 10.00 Å². The molecule has 2 rings (SSSR count). The van der Waals surface area contributed by atoms with Gasteiger partial charge in [0.2, 0.25) is 5.88 Å². The van der Waals surface area contributed by atoms with Gasteiger partial charge in [-0.2, -0.15) is 5.26 Å². The number of unbranched alkanes of at least 4 members (excludes halogenated alkanes) is 1. The summed E-state index contributed by atoms with van der Waals surface area (Å²) in [6.45, 7) is 2.58. The van der Waals surface area contributed by atoms with E-state index in [1.165, 1.54) is 0 Å². The Labute approximate surface area is 119 Å². The van der Waals surface area contributed by atoms with Crippen LogP contribution in [0.3, 0.4) is 0 Å². The van der Waals surface area contributed by atoms with Crippen LogP contribution in [0.15, 0.2) is 42.5 Å². The second kappa shape index (κ2) is 7.30. The molecule has 0 amide bonds. The highest BCUT2D eigenvalue weighted by Gasteiger charge is 2.07. The van der Waals surface area contributed by atoms with Crippen molar-refractivity contribution < 1.29 is 4.74 Å². The van der Waals surface area contributed by atoms with Crippen molar-refractivity contribution in [1.29, 1.82) is 5.26 Å². The molecular weight excluding hydrogens is 248 g/mol. The Morgan fingerprint density at radius 3 is 2.65 bits per heavy atom. The summed E-state index contributed by atoms with van der Waals surface area (Å²) in [6, 6.07) is 15.7. The number of nitrogens with zero attached hydrogens (tertiary/aromatic N) is 2. The van der Waals surface area contributed by atoms with E-state index in [-0.39, 0.29) is 0 Å². The standard InChI is InChI=1S/C17H18N2O/c1-2-3-9-16-11-10-15(12-18)17(19-16)20-13-14-7-5-4-6-8-14/h4-8,10-11H,2-3,9,13H2,1H3. The highest BCUT2D eigenvalue weighted by molar-refractivity contribution is 5.39. The summed E-state index contributed by atoms with van der Waals surface area (Å²) in [5.41, 5.74) is 2.53. The topological polar surface area (TPSA) is 45.9 Å². The van der Waals surface area contributed by atoms with Gasteiger partial charge in [-0.3, -0.25) is 0 Å². The zero-order chi connectivity index (χ0) is 14.2. The van der Waals surface area contributed by atoms with Crippen molar-refractivity contribution in [2.75, 3.05) is 0 Å². The number of rotatable bonds is 6. The summed E-state index contributed by atoms with van der Waals surface area (Å²) in [4.78, 5) is 4.45. The summed E-state index contributed by atoms with van der Waals surface area (Å²) in [5.74, 6) is 0.435. The Hall–Kier alpha value is -2.34. The lowest BCUT2D eigenvalue weighted by molar-refractivity contribution is 0.292. The van der Waals surface area contributed by atoms with Gasteiger partial charge < -0.3 is 4.74 Å². The predicted octanol–water partition coefficient (Wildman–Crippen LogP) is 3.87. The zero-order valence-electron chi connectivity index (χ0n) is 11.7. The Morgan fingerprint density at radius 1 is 1.15 bits per heavy atom. The molecule has 0 aliphatic heterocycles. The van der Waals surface area contributed by atoms with Crippen molar-refractivity contribution in [3.8, 4) is 11.9 Å². The molecule has 1 aromatic heterocycles. The summed E-state index contributed by atoms with van der Waals surface area (Å²) in [7, 11) is 0. The smallest absolute Gasteiger partial charge is 0.232 e. The largest absolute Gasteiger partial charge is 0.472 e. The highest BCUT2D eigenvalue weighted by atomic mass is 16.5. The number of pyridine rings is 1. The molecular formula is C17H18N2O. The molecule has 2 aromatic rings. The first-order chi connectivity index (χ1) is 9.83. The van der Waals surface area contributed by atoms with Gasteiger partial charge in [-0.25, -0.2) is 4.98 Å². The Kier molecular flexibility index (Phi) is 5.14. The summed E-state index contributed by atoms with van der Waals surface area (Å²) in [5, 5.41) is 9.11. The molecule has 0 atom stereocenters. The third kappa shape index (κ3) is 3.83. The van der Waals surface area contributed by atoms with Crippen LogP contribution in [0.25, 0.3) is 0 Å². The molecule has 0 unspecified atom stereocenters. The monoisotopic (exact) mass is 266 g/mol. The minimum atomic E-state index is 0.430. The van der Waals surface area contributed by atoms with Gasteiger partial charge in [0.15, 0.2) is 0 Å². The van der Waals surface area contributed by atoms with Crippen LogP contribution in [-0.4, -0.2) is 4.98 Å². The van der Waals surface area contributed by atoms with Crippen molar-refractivity contribution in [1.82, 2.24) is 4.98 Å². The van der Waals surface area contributed by atoms with E-state index in [1.54, 1.807) is 6.07 Å². The predicted molar refractivity (Wildman–Crippen MR) is 78.3 cm³/mol. The Balaban J connectivity index is 2.10. The lowest BCUT2D eigenvalue weighted by Gasteiger charge is -2.08. The molecule has 20 heavy (non-hydrogen) atoms. The van der Waals surface area contributed by atoms with Gasteiger partial charge in [0, 0.05) is 5.69 Å². The number of aryl methyl sites for hydroxylation is 1. The number of nitriles is 1. The van der Waals surface area contributed by atoms with E-state index in [0.717, 1.165) is 30.5 Å². The van der Waals surface area contributed by atoms with E-state index in [0.29, 0.717) is 18.1 Å². The summed E-state index contributed by atoms with van der Waals surface area (Å²) >= 11 is 0. The fraction of sp³-hybridized carbons (Fsp3) is 0.294. The fourth-order valence-corrected chi connectivity index (χ4v) is 1.90. The average molecular weight is 266 g/mol. The van der Waals surface area contributed by atoms with Crippen molar-refractivity contribution in [3.05, 3.63) is 59.3 Å². The van der Waals surface area contributed by atoms with Crippen LogP contribution in [-0.2, 0) is 13.0 Å². The number of ether oxygens (including phenoxy) is 1. The van der Waals surface area contributed by atoms with Crippen LogP contribution in [0.2, 0.25) is 0 Å². The van der Waals surface area contributed by atoms with Gasteiger partial charge >= 0.3 is 0 Å². The summed E-state index contributed by atoms with van der Waals surface area (Å²) < 4.78 is 5.70. The van der Waals surface area contributed by atoms with Gasteiger partial charge in [-0.05, 0) is 30.5 Å². The molecule has 3 nitrogen and oxygen atoms in total. The first-order valence-electron chi connectivity index (χ1n) is 6.90. The molecule has 102 valence electrons. The minimum absolute atomic E-state index is 0.430. The zero-order valence-corrected chi connectivity index (χ0v) is 11.7. The molecule has 0 saturated heterocycles. The van der Waals surface area contributed by atoms with E-state index in [9.17, 15) is 0 Å². The van der Waals surface area contributed by atoms with E-state index < -0.39 is 0 Å². The van der Waals surface area contributed by atoms with Crippen LogP contribution in [0, 0.1) is 11.3 Å². The first kappa shape index (κ1) is 14.1. The van der Waals surface area contributed by atoms with Crippen LogP contribution in [0.4, 0.5) is 0 Å². The molecule has 0 aliphatic carbocycles. The van der Waals surface area contributed by atoms with Crippen LogP contribution < -0.4 is 4.74 Å². The lowest BCUT2D eigenvalue weighted by Crippen LogP contribution is -2.01. The van der Waals surface area contributed by atoms with Gasteiger partial charge in [-0.1, -0.05) is 43.7 Å². The third-order valence-electron chi connectivity index (χ3n) is 3.04. The molecule has 1 heterocycles. The van der Waals surface area contributed by atoms with Crippen molar-refractivity contribution in [2.24, 2.45) is 0 Å². The maximum Gasteiger partial charge on any atom is 0.232 e. The second-order valence-electron chi connectivity index (χ2n) is 4.64. The van der Waals surface area contributed by atoms with Gasteiger partial charge in [0.25, 0.3) is 0 Å². The van der Waals surface area contributed by atoms with Crippen molar-refractivity contribution in [2.45, 2.75) is 32.8 Å². The maximum atomic E-state index is 9.11. The third-order valence-corrected chi connectivity index (χ3v) is 3.04. The Bertz CT molecular complexity index is 588. The number of hydrogen-bond donors (Lipinski definition) is 0.